The summed E-state index contributed by atoms with van der Waals surface area (Å²) in [5.41, 5.74) is 1.92. The van der Waals surface area contributed by atoms with Crippen molar-refractivity contribution in [3.63, 3.8) is 0 Å². The SMILES string of the molecule is Cc1noc(-c2cc3cc(C#N)cc(Cl)c3nc2N2CCC(N[C@@H]3CCCOC3)CC2)n1. The van der Waals surface area contributed by atoms with Crippen LogP contribution in [-0.2, 0) is 4.74 Å². The summed E-state index contributed by atoms with van der Waals surface area (Å²) in [6.07, 6.45) is 4.33. The van der Waals surface area contributed by atoms with Crippen LogP contribution in [0.5, 0.6) is 0 Å². The monoisotopic (exact) mass is 452 g/mol. The number of hydrogen-bond donors (Lipinski definition) is 1. The smallest absolute Gasteiger partial charge is 0.261 e. The first-order valence-electron chi connectivity index (χ1n) is 11.0. The second-order valence-corrected chi connectivity index (χ2v) is 8.90. The Balaban J connectivity index is 1.44. The fourth-order valence-corrected chi connectivity index (χ4v) is 4.84. The molecular weight excluding hydrogens is 428 g/mol. The summed E-state index contributed by atoms with van der Waals surface area (Å²) in [6.45, 7) is 5.18. The summed E-state index contributed by atoms with van der Waals surface area (Å²) in [4.78, 5) is 11.6. The van der Waals surface area contributed by atoms with Gasteiger partial charge in [-0.05, 0) is 50.8 Å². The minimum Gasteiger partial charge on any atom is -0.380 e. The molecule has 1 atom stereocenters. The number of ether oxygens (including phenoxy) is 1. The maximum Gasteiger partial charge on any atom is 0.261 e. The molecule has 0 saturated carbocycles. The predicted octanol–water partition coefficient (Wildman–Crippen LogP) is 3.86. The average molecular weight is 453 g/mol. The molecule has 8 nitrogen and oxygen atoms in total. The molecule has 0 aliphatic carbocycles. The summed E-state index contributed by atoms with van der Waals surface area (Å²) in [5, 5.41) is 18.3. The van der Waals surface area contributed by atoms with E-state index in [0.29, 0.717) is 39.9 Å². The van der Waals surface area contributed by atoms with E-state index in [1.807, 2.05) is 6.07 Å². The Bertz CT molecular complexity index is 1160. The third kappa shape index (κ3) is 4.29. The third-order valence-electron chi connectivity index (χ3n) is 6.16. The molecule has 0 spiro atoms. The maximum absolute atomic E-state index is 9.32. The minimum atomic E-state index is 0.421. The zero-order valence-corrected chi connectivity index (χ0v) is 18.7. The van der Waals surface area contributed by atoms with Crippen LogP contribution in [0.15, 0.2) is 22.7 Å². The van der Waals surface area contributed by atoms with E-state index in [2.05, 4.69) is 26.4 Å². The van der Waals surface area contributed by atoms with Gasteiger partial charge in [-0.25, -0.2) is 4.98 Å². The lowest BCUT2D eigenvalue weighted by Crippen LogP contribution is -2.48. The lowest BCUT2D eigenvalue weighted by atomic mass is 10.0. The molecule has 0 amide bonds. The number of pyridine rings is 1. The molecule has 2 saturated heterocycles. The standard InChI is InChI=1S/C23H25ClN6O2/c1-14-26-23(32-29-14)19-11-16-9-15(12-25)10-20(24)21(16)28-22(19)30-6-4-17(5-7-30)27-18-3-2-8-31-13-18/h9-11,17-18,27H,2-8,13H2,1H3/t18-/m1/s1. The van der Waals surface area contributed by atoms with E-state index in [4.69, 9.17) is 25.8 Å². The van der Waals surface area contributed by atoms with Gasteiger partial charge in [0, 0.05) is 37.2 Å². The number of benzene rings is 1. The van der Waals surface area contributed by atoms with Crippen LogP contribution in [0.2, 0.25) is 5.02 Å². The predicted molar refractivity (Wildman–Crippen MR) is 122 cm³/mol. The van der Waals surface area contributed by atoms with Crippen molar-refractivity contribution in [1.82, 2.24) is 20.4 Å². The molecule has 1 aromatic carbocycles. The first kappa shape index (κ1) is 21.1. The number of aromatic nitrogens is 3. The lowest BCUT2D eigenvalue weighted by molar-refractivity contribution is 0.0650. The average Bonchev–Trinajstić information content (AvgIpc) is 3.25. The summed E-state index contributed by atoms with van der Waals surface area (Å²) < 4.78 is 11.1. The first-order chi connectivity index (χ1) is 15.6. The summed E-state index contributed by atoms with van der Waals surface area (Å²) in [6, 6.07) is 8.45. The zero-order chi connectivity index (χ0) is 22.1. The van der Waals surface area contributed by atoms with E-state index < -0.39 is 0 Å². The van der Waals surface area contributed by atoms with Crippen molar-refractivity contribution in [3.8, 4) is 17.5 Å². The van der Waals surface area contributed by atoms with Gasteiger partial charge in [0.25, 0.3) is 5.89 Å². The molecule has 0 radical (unpaired) electrons. The van der Waals surface area contributed by atoms with Crippen LogP contribution in [0, 0.1) is 18.3 Å². The highest BCUT2D eigenvalue weighted by atomic mass is 35.5. The number of piperidine rings is 1. The number of nitrogens with one attached hydrogen (secondary N) is 1. The van der Waals surface area contributed by atoms with Crippen LogP contribution < -0.4 is 10.2 Å². The second-order valence-electron chi connectivity index (χ2n) is 8.49. The molecule has 166 valence electrons. The van der Waals surface area contributed by atoms with Crippen molar-refractivity contribution in [1.29, 1.82) is 5.26 Å². The molecule has 2 aliphatic rings. The van der Waals surface area contributed by atoms with E-state index in [1.54, 1.807) is 19.1 Å². The fraction of sp³-hybridized carbons (Fsp3) is 0.478. The van der Waals surface area contributed by atoms with E-state index in [0.717, 1.165) is 62.3 Å². The van der Waals surface area contributed by atoms with Crippen LogP contribution in [-0.4, -0.2) is 53.5 Å². The van der Waals surface area contributed by atoms with Gasteiger partial charge in [-0.15, -0.1) is 0 Å². The van der Waals surface area contributed by atoms with Gasteiger partial charge >= 0.3 is 0 Å². The van der Waals surface area contributed by atoms with E-state index in [1.165, 1.54) is 6.42 Å². The fourth-order valence-electron chi connectivity index (χ4n) is 4.57. The van der Waals surface area contributed by atoms with Gasteiger partial charge in [-0.1, -0.05) is 16.8 Å². The zero-order valence-electron chi connectivity index (χ0n) is 18.0. The lowest BCUT2D eigenvalue weighted by Gasteiger charge is -2.36. The van der Waals surface area contributed by atoms with Crippen LogP contribution in [0.25, 0.3) is 22.4 Å². The summed E-state index contributed by atoms with van der Waals surface area (Å²) >= 11 is 6.48. The maximum atomic E-state index is 9.32. The number of rotatable bonds is 4. The Hall–Kier alpha value is -2.73. The topological polar surface area (TPSA) is 100 Å². The number of anilines is 1. The third-order valence-corrected chi connectivity index (χ3v) is 6.45. The van der Waals surface area contributed by atoms with Crippen LogP contribution in [0.4, 0.5) is 5.82 Å². The Morgan fingerprint density at radius 2 is 2.00 bits per heavy atom. The highest BCUT2D eigenvalue weighted by Gasteiger charge is 2.27. The normalized spacial score (nSPS) is 19.9. The van der Waals surface area contributed by atoms with Crippen molar-refractivity contribution in [2.75, 3.05) is 31.2 Å². The van der Waals surface area contributed by atoms with Gasteiger partial charge in [0.15, 0.2) is 5.82 Å². The Morgan fingerprint density at radius 1 is 1.16 bits per heavy atom. The number of aryl methyl sites for hydroxylation is 1. The van der Waals surface area contributed by atoms with Crippen molar-refractivity contribution in [2.24, 2.45) is 0 Å². The number of fused-ring (bicyclic) bond motifs is 1. The van der Waals surface area contributed by atoms with Crippen molar-refractivity contribution in [3.05, 3.63) is 34.6 Å². The minimum absolute atomic E-state index is 0.421. The van der Waals surface area contributed by atoms with E-state index >= 15 is 0 Å². The molecule has 32 heavy (non-hydrogen) atoms. The Kier molecular flexibility index (Phi) is 5.96. The summed E-state index contributed by atoms with van der Waals surface area (Å²) in [7, 11) is 0. The van der Waals surface area contributed by atoms with Gasteiger partial charge in [-0.3, -0.25) is 0 Å². The molecule has 2 aliphatic heterocycles. The number of nitriles is 1. The highest BCUT2D eigenvalue weighted by molar-refractivity contribution is 6.35. The molecule has 3 aromatic rings. The van der Waals surface area contributed by atoms with Crippen LogP contribution in [0.3, 0.4) is 0 Å². The quantitative estimate of drug-likeness (QED) is 0.637. The van der Waals surface area contributed by atoms with Gasteiger partial charge in [0.1, 0.15) is 5.82 Å². The van der Waals surface area contributed by atoms with Gasteiger partial charge in [-0.2, -0.15) is 10.2 Å². The van der Waals surface area contributed by atoms with Gasteiger partial charge < -0.3 is 19.5 Å². The molecule has 0 unspecified atom stereocenters. The largest absolute Gasteiger partial charge is 0.380 e. The molecule has 2 fully saturated rings. The van der Waals surface area contributed by atoms with Crippen LogP contribution >= 0.6 is 11.6 Å². The summed E-state index contributed by atoms with van der Waals surface area (Å²) in [5.74, 6) is 1.77. The Labute approximate surface area is 191 Å². The van der Waals surface area contributed by atoms with Crippen molar-refractivity contribution >= 4 is 28.3 Å². The van der Waals surface area contributed by atoms with E-state index in [9.17, 15) is 5.26 Å². The van der Waals surface area contributed by atoms with E-state index in [-0.39, 0.29) is 0 Å². The molecule has 1 N–H and O–H groups in total. The number of halogens is 1. The molecular formula is C23H25ClN6O2. The molecule has 5 rings (SSSR count). The molecule has 0 bridgehead atoms. The second kappa shape index (κ2) is 9.02. The first-order valence-corrected chi connectivity index (χ1v) is 11.4. The molecule has 2 aromatic heterocycles. The van der Waals surface area contributed by atoms with Gasteiger partial charge in [0.05, 0.1) is 34.3 Å². The van der Waals surface area contributed by atoms with Crippen LogP contribution in [0.1, 0.15) is 37.1 Å². The highest BCUT2D eigenvalue weighted by Crippen LogP contribution is 2.35. The molecule has 4 heterocycles. The number of nitrogens with zero attached hydrogens (tertiary/aromatic N) is 5. The van der Waals surface area contributed by atoms with Crippen molar-refractivity contribution < 1.29 is 9.26 Å². The Morgan fingerprint density at radius 3 is 2.69 bits per heavy atom. The number of hydrogen-bond acceptors (Lipinski definition) is 8. The van der Waals surface area contributed by atoms with Gasteiger partial charge in [0.2, 0.25) is 0 Å². The molecule has 9 heteroatoms. The van der Waals surface area contributed by atoms with Crippen molar-refractivity contribution in [2.45, 2.75) is 44.7 Å².